The average molecular weight is 559 g/mol. The van der Waals surface area contributed by atoms with Crippen LogP contribution < -0.4 is 10.1 Å². The summed E-state index contributed by atoms with van der Waals surface area (Å²) in [6.45, 7) is -0.344. The number of benzene rings is 1. The summed E-state index contributed by atoms with van der Waals surface area (Å²) >= 11 is 1.44. The number of aliphatic hydroxyl groups is 2. The molecule has 1 fully saturated rings. The van der Waals surface area contributed by atoms with E-state index in [2.05, 4.69) is 10.2 Å². The van der Waals surface area contributed by atoms with Gasteiger partial charge in [0, 0.05) is 36.8 Å². The van der Waals surface area contributed by atoms with Crippen LogP contribution in [0.15, 0.2) is 54.6 Å². The Bertz CT molecular complexity index is 905. The minimum absolute atomic E-state index is 0.0159. The van der Waals surface area contributed by atoms with Crippen LogP contribution in [0.5, 0.6) is 5.75 Å². The van der Waals surface area contributed by atoms with Gasteiger partial charge >= 0.3 is 0 Å². The molecule has 1 aromatic rings. The van der Waals surface area contributed by atoms with Crippen LogP contribution in [0, 0.1) is 22.0 Å². The topological polar surface area (TPSA) is 131 Å². The number of alkyl halides is 2. The summed E-state index contributed by atoms with van der Waals surface area (Å²) in [7, 11) is 0. The normalized spacial score (nSPS) is 21.7. The lowest BCUT2D eigenvalue weighted by Crippen LogP contribution is -2.25. The second-order valence-corrected chi connectivity index (χ2v) is 10.2. The molecule has 1 aliphatic rings. The number of carbonyl (C=O) groups is 1. The maximum atomic E-state index is 14.3. The predicted octanol–water partition coefficient (Wildman–Crippen LogP) is 3.79. The number of ether oxygens (including phenoxy) is 1. The third kappa shape index (κ3) is 12.7. The third-order valence-electron chi connectivity index (χ3n) is 6.00. The maximum absolute atomic E-state index is 14.3. The van der Waals surface area contributed by atoms with E-state index >= 15 is 0 Å². The van der Waals surface area contributed by atoms with Gasteiger partial charge in [0.1, 0.15) is 12.4 Å². The summed E-state index contributed by atoms with van der Waals surface area (Å²) < 4.78 is 33.8. The van der Waals surface area contributed by atoms with Crippen LogP contribution in [0.1, 0.15) is 32.1 Å². The van der Waals surface area contributed by atoms with Crippen LogP contribution >= 0.6 is 11.8 Å². The zero-order valence-electron chi connectivity index (χ0n) is 21.1. The number of rotatable bonds is 18. The molecular formula is C26H36F2N2O7S. The van der Waals surface area contributed by atoms with E-state index in [0.29, 0.717) is 49.5 Å². The lowest BCUT2D eigenvalue weighted by Gasteiger charge is -2.20. The molecule has 212 valence electrons. The van der Waals surface area contributed by atoms with E-state index in [9.17, 15) is 33.9 Å². The van der Waals surface area contributed by atoms with E-state index in [1.165, 1.54) is 17.8 Å². The fourth-order valence-electron chi connectivity index (χ4n) is 4.08. The number of aliphatic hydroxyl groups excluding tert-OH is 2. The van der Waals surface area contributed by atoms with E-state index in [1.807, 2.05) is 12.2 Å². The van der Waals surface area contributed by atoms with Crippen LogP contribution in [-0.4, -0.2) is 70.6 Å². The van der Waals surface area contributed by atoms with Crippen molar-refractivity contribution in [1.29, 1.82) is 0 Å². The summed E-state index contributed by atoms with van der Waals surface area (Å²) in [5, 5.41) is 32.6. The van der Waals surface area contributed by atoms with Crippen LogP contribution in [0.3, 0.4) is 0 Å². The molecule has 12 heteroatoms. The van der Waals surface area contributed by atoms with Crippen molar-refractivity contribution < 1.29 is 38.4 Å². The van der Waals surface area contributed by atoms with Gasteiger partial charge in [-0.05, 0) is 43.4 Å². The zero-order chi connectivity index (χ0) is 27.8. The van der Waals surface area contributed by atoms with Crippen LogP contribution in [-0.2, 0) is 9.63 Å². The van der Waals surface area contributed by atoms with Gasteiger partial charge in [0.15, 0.2) is 6.61 Å². The molecule has 1 aliphatic carbocycles. The molecule has 0 heterocycles. The van der Waals surface area contributed by atoms with Gasteiger partial charge in [-0.25, -0.2) is 0 Å². The van der Waals surface area contributed by atoms with Gasteiger partial charge < -0.3 is 25.1 Å². The highest BCUT2D eigenvalue weighted by Gasteiger charge is 2.40. The second-order valence-electron chi connectivity index (χ2n) is 8.95. The lowest BCUT2D eigenvalue weighted by molar-refractivity contribution is -0.756. The largest absolute Gasteiger partial charge is 0.487 e. The van der Waals surface area contributed by atoms with Gasteiger partial charge in [-0.2, -0.15) is 20.5 Å². The first-order valence-corrected chi connectivity index (χ1v) is 13.7. The highest BCUT2D eigenvalue weighted by Crippen LogP contribution is 2.37. The van der Waals surface area contributed by atoms with Crippen molar-refractivity contribution in [2.45, 2.75) is 50.2 Å². The molecule has 0 radical (unpaired) electrons. The molecule has 4 atom stereocenters. The quantitative estimate of drug-likeness (QED) is 0.107. The average Bonchev–Trinajstić information content (AvgIpc) is 3.15. The first-order valence-electron chi connectivity index (χ1n) is 12.6. The lowest BCUT2D eigenvalue weighted by atomic mass is 9.89. The number of hydrogen-bond donors (Lipinski definition) is 3. The molecular weight excluding hydrogens is 522 g/mol. The molecule has 0 unspecified atom stereocenters. The van der Waals surface area contributed by atoms with E-state index < -0.39 is 35.7 Å². The molecule has 0 spiro atoms. The van der Waals surface area contributed by atoms with Gasteiger partial charge in [-0.15, -0.1) is 10.1 Å². The molecule has 0 aliphatic heterocycles. The fraction of sp³-hybridized carbons (Fsp3) is 0.577. The standard InChI is InChI=1S/C26H36F2N2O7S/c27-26(28,19-36-20-8-4-3-5-9-20)13-12-22-21(23(31)18-24(22)32)10-6-1-2-7-11-25(33)29-14-16-38-17-15-37-30(34)35/h1,3-6,8-9,12-13,21-24,31-32H,2,7,10-11,14-19H2,(H,29,33)/b6-1-,13-12+/t21-,22-,23+,24-/m1/s1. The maximum Gasteiger partial charge on any atom is 0.299 e. The van der Waals surface area contributed by atoms with Gasteiger partial charge in [0.25, 0.3) is 11.0 Å². The molecule has 1 amide bonds. The number of amides is 1. The molecule has 1 saturated carbocycles. The molecule has 9 nitrogen and oxygen atoms in total. The summed E-state index contributed by atoms with van der Waals surface area (Å²) in [6.07, 6.45) is 6.21. The third-order valence-corrected chi connectivity index (χ3v) is 6.94. The molecule has 0 bridgehead atoms. The highest BCUT2D eigenvalue weighted by molar-refractivity contribution is 7.99. The fourth-order valence-corrected chi connectivity index (χ4v) is 4.72. The van der Waals surface area contributed by atoms with E-state index in [0.717, 1.165) is 6.08 Å². The number of carbonyl (C=O) groups excluding carboxylic acids is 1. The number of nitrogens with zero attached hydrogens (tertiary/aromatic N) is 1. The molecule has 0 aromatic heterocycles. The first kappa shape index (κ1) is 31.5. The van der Waals surface area contributed by atoms with Crippen molar-refractivity contribution in [3.8, 4) is 5.75 Å². The number of hydrogen-bond acceptors (Lipinski definition) is 8. The number of halogens is 2. The van der Waals surface area contributed by atoms with Crippen molar-refractivity contribution in [3.63, 3.8) is 0 Å². The van der Waals surface area contributed by atoms with Gasteiger partial charge in [-0.3, -0.25) is 4.79 Å². The molecule has 0 saturated heterocycles. The number of para-hydroxylation sites is 1. The van der Waals surface area contributed by atoms with Crippen molar-refractivity contribution in [2.24, 2.45) is 11.8 Å². The van der Waals surface area contributed by atoms with Crippen LogP contribution in [0.2, 0.25) is 0 Å². The van der Waals surface area contributed by atoms with Crippen LogP contribution in [0.4, 0.5) is 8.78 Å². The van der Waals surface area contributed by atoms with Crippen LogP contribution in [0.25, 0.3) is 0 Å². The van der Waals surface area contributed by atoms with Crippen molar-refractivity contribution in [1.82, 2.24) is 5.32 Å². The molecule has 3 N–H and O–H groups in total. The van der Waals surface area contributed by atoms with Crippen molar-refractivity contribution in [3.05, 3.63) is 64.8 Å². The van der Waals surface area contributed by atoms with Gasteiger partial charge in [0.2, 0.25) is 5.91 Å². The Hall–Kier alpha value is -2.70. The smallest absolute Gasteiger partial charge is 0.299 e. The molecule has 1 aromatic carbocycles. The summed E-state index contributed by atoms with van der Waals surface area (Å²) in [5.74, 6) is -2.87. The summed E-state index contributed by atoms with van der Waals surface area (Å²) in [5.41, 5.74) is 0. The van der Waals surface area contributed by atoms with E-state index in [1.54, 1.807) is 30.3 Å². The Morgan fingerprint density at radius 1 is 1.21 bits per heavy atom. The minimum Gasteiger partial charge on any atom is -0.487 e. The zero-order valence-corrected chi connectivity index (χ0v) is 21.9. The summed E-state index contributed by atoms with van der Waals surface area (Å²) in [4.78, 5) is 26.1. The Morgan fingerprint density at radius 2 is 1.97 bits per heavy atom. The van der Waals surface area contributed by atoms with Crippen molar-refractivity contribution in [2.75, 3.05) is 31.3 Å². The van der Waals surface area contributed by atoms with Crippen molar-refractivity contribution >= 4 is 17.7 Å². The van der Waals surface area contributed by atoms with Gasteiger partial charge in [-0.1, -0.05) is 36.4 Å². The number of unbranched alkanes of at least 4 members (excludes halogenated alkanes) is 1. The highest BCUT2D eigenvalue weighted by atomic mass is 32.2. The number of thioether (sulfide) groups is 1. The summed E-state index contributed by atoms with van der Waals surface area (Å²) in [6, 6.07) is 8.33. The predicted molar refractivity (Wildman–Crippen MR) is 141 cm³/mol. The van der Waals surface area contributed by atoms with Gasteiger partial charge in [0.05, 0.1) is 12.2 Å². The molecule has 38 heavy (non-hydrogen) atoms. The Kier molecular flexibility index (Phi) is 14.1. The number of nitrogens with one attached hydrogen (secondary N) is 1. The number of allylic oxidation sites excluding steroid dienone is 2. The Labute approximate surface area is 225 Å². The Morgan fingerprint density at radius 3 is 2.71 bits per heavy atom. The second kappa shape index (κ2) is 17.0. The monoisotopic (exact) mass is 558 g/mol. The minimum atomic E-state index is -3.23. The molecule has 2 rings (SSSR count). The first-order chi connectivity index (χ1) is 18.2. The van der Waals surface area contributed by atoms with E-state index in [4.69, 9.17) is 4.74 Å². The van der Waals surface area contributed by atoms with E-state index in [-0.39, 0.29) is 24.9 Å². The SMILES string of the molecule is O=C(CCC/C=C\C[C@@H]1[C@@H](/C=C/C(F)(F)COc2ccccc2)[C@H](O)C[C@@H]1O)NCCSCCO[N+](=O)[O-]. The Balaban J connectivity index is 1.66.